The van der Waals surface area contributed by atoms with Crippen molar-refractivity contribution in [3.63, 3.8) is 0 Å². The molecule has 0 atom stereocenters. The van der Waals surface area contributed by atoms with Gasteiger partial charge in [-0.15, -0.1) is 25.6 Å². The van der Waals surface area contributed by atoms with Crippen LogP contribution in [0.2, 0.25) is 0 Å². The van der Waals surface area contributed by atoms with Gasteiger partial charge in [0.15, 0.2) is 14.6 Å². The Balaban J connectivity index is 0.00000363. The van der Waals surface area contributed by atoms with Gasteiger partial charge in [-0.3, -0.25) is 10.0 Å². The molecule has 0 radical (unpaired) electrons. The van der Waals surface area contributed by atoms with Crippen LogP contribution in [0.1, 0.15) is 12.8 Å². The summed E-state index contributed by atoms with van der Waals surface area (Å²) in [7, 11) is -4.14. The number of carbonyl (C=O) groups is 1. The zero-order chi connectivity index (χ0) is 22.7. The van der Waals surface area contributed by atoms with Gasteiger partial charge in [0.05, 0.1) is 4.90 Å². The van der Waals surface area contributed by atoms with Crippen LogP contribution >= 0.6 is 12.4 Å². The minimum atomic E-state index is -4.80. The summed E-state index contributed by atoms with van der Waals surface area (Å²) in [5.74, 6) is -0.958. The highest BCUT2D eigenvalue weighted by atomic mass is 35.5. The van der Waals surface area contributed by atoms with E-state index in [0.29, 0.717) is 13.1 Å². The van der Waals surface area contributed by atoms with Crippen molar-refractivity contribution in [1.29, 1.82) is 0 Å². The van der Waals surface area contributed by atoms with Crippen LogP contribution in [-0.4, -0.2) is 43.7 Å². The number of ether oxygens (including phenoxy) is 2. The first kappa shape index (κ1) is 25.7. The van der Waals surface area contributed by atoms with E-state index in [2.05, 4.69) is 10.1 Å². The van der Waals surface area contributed by atoms with Crippen LogP contribution in [0.4, 0.5) is 13.2 Å². The van der Waals surface area contributed by atoms with Gasteiger partial charge in [-0.1, -0.05) is 0 Å². The summed E-state index contributed by atoms with van der Waals surface area (Å²) in [5.41, 5.74) is 1.46. The molecular formula is C19H20ClF3N2O6S. The van der Waals surface area contributed by atoms with Crippen LogP contribution in [0, 0.1) is 0 Å². The average molecular weight is 497 g/mol. The zero-order valence-electron chi connectivity index (χ0n) is 16.4. The van der Waals surface area contributed by atoms with Crippen LogP contribution < -0.4 is 20.3 Å². The summed E-state index contributed by atoms with van der Waals surface area (Å²) in [6.45, 7) is 0.587. The lowest BCUT2D eigenvalue weighted by Gasteiger charge is -2.34. The lowest BCUT2D eigenvalue weighted by Crippen LogP contribution is -2.57. The highest BCUT2D eigenvalue weighted by molar-refractivity contribution is 7.93. The fourth-order valence-corrected chi connectivity index (χ4v) is 5.29. The second kappa shape index (κ2) is 9.94. The number of sulfone groups is 1. The molecule has 3 rings (SSSR count). The first-order chi connectivity index (χ1) is 14.6. The Bertz CT molecular complexity index is 1020. The molecular weight excluding hydrogens is 477 g/mol. The Morgan fingerprint density at radius 1 is 0.969 bits per heavy atom. The maximum atomic E-state index is 13.2. The second-order valence-electron chi connectivity index (χ2n) is 6.78. The first-order valence-electron chi connectivity index (χ1n) is 9.11. The molecule has 0 unspecified atom stereocenters. The maximum absolute atomic E-state index is 13.2. The van der Waals surface area contributed by atoms with Gasteiger partial charge in [0, 0.05) is 0 Å². The van der Waals surface area contributed by atoms with E-state index in [0.717, 1.165) is 12.1 Å². The summed E-state index contributed by atoms with van der Waals surface area (Å²) in [6, 6.07) is 9.94. The molecule has 13 heteroatoms. The number of piperidine rings is 1. The van der Waals surface area contributed by atoms with Crippen molar-refractivity contribution in [3.8, 4) is 17.2 Å². The van der Waals surface area contributed by atoms with Gasteiger partial charge >= 0.3 is 6.36 Å². The second-order valence-corrected chi connectivity index (χ2v) is 9.04. The molecule has 2 aromatic rings. The van der Waals surface area contributed by atoms with Crippen molar-refractivity contribution in [2.45, 2.75) is 28.8 Å². The Morgan fingerprint density at radius 2 is 1.44 bits per heavy atom. The van der Waals surface area contributed by atoms with Crippen LogP contribution in [0.15, 0.2) is 53.4 Å². The Hall–Kier alpha value is -2.54. The molecule has 1 aliphatic rings. The van der Waals surface area contributed by atoms with Gasteiger partial charge in [-0.2, -0.15) is 0 Å². The van der Waals surface area contributed by atoms with Gasteiger partial charge in [-0.25, -0.2) is 13.9 Å². The maximum Gasteiger partial charge on any atom is 0.573 e. The summed E-state index contributed by atoms with van der Waals surface area (Å²) in [5, 5.41) is 12.1. The van der Waals surface area contributed by atoms with Crippen molar-refractivity contribution in [1.82, 2.24) is 10.8 Å². The number of carbonyl (C=O) groups excluding carboxylic acids is 1. The molecule has 1 heterocycles. The third kappa shape index (κ3) is 5.44. The van der Waals surface area contributed by atoms with Gasteiger partial charge < -0.3 is 14.8 Å². The van der Waals surface area contributed by atoms with Crippen molar-refractivity contribution in [3.05, 3.63) is 48.5 Å². The van der Waals surface area contributed by atoms with E-state index in [1.165, 1.54) is 41.9 Å². The number of hydrogen-bond donors (Lipinski definition) is 3. The molecule has 3 N–H and O–H groups in total. The molecule has 1 aliphatic heterocycles. The highest BCUT2D eigenvalue weighted by Crippen LogP contribution is 2.35. The number of hydrogen-bond acceptors (Lipinski definition) is 7. The van der Waals surface area contributed by atoms with Crippen molar-refractivity contribution >= 4 is 28.2 Å². The summed E-state index contributed by atoms with van der Waals surface area (Å²) >= 11 is 0. The number of nitrogens with one attached hydrogen (secondary N) is 2. The molecule has 0 saturated carbocycles. The van der Waals surface area contributed by atoms with Crippen molar-refractivity contribution in [2.75, 3.05) is 13.1 Å². The first-order valence-corrected chi connectivity index (χ1v) is 10.6. The van der Waals surface area contributed by atoms with Gasteiger partial charge in [0.1, 0.15) is 17.2 Å². The number of hydroxylamine groups is 1. The largest absolute Gasteiger partial charge is 0.573 e. The monoisotopic (exact) mass is 496 g/mol. The molecule has 0 bridgehead atoms. The lowest BCUT2D eigenvalue weighted by molar-refractivity contribution is -0.274. The Labute approximate surface area is 188 Å². The predicted octanol–water partition coefficient (Wildman–Crippen LogP) is 3.20. The molecule has 8 nitrogen and oxygen atoms in total. The number of amides is 1. The number of alkyl halides is 3. The number of rotatable bonds is 6. The van der Waals surface area contributed by atoms with E-state index in [4.69, 9.17) is 9.94 Å². The Morgan fingerprint density at radius 3 is 1.91 bits per heavy atom. The van der Waals surface area contributed by atoms with E-state index >= 15 is 0 Å². The number of benzene rings is 2. The van der Waals surface area contributed by atoms with E-state index in [1.54, 1.807) is 0 Å². The van der Waals surface area contributed by atoms with E-state index < -0.39 is 32.6 Å². The molecule has 0 aliphatic carbocycles. The quantitative estimate of drug-likeness (QED) is 0.415. The smallest absolute Gasteiger partial charge is 0.457 e. The average Bonchev–Trinajstić information content (AvgIpc) is 2.74. The zero-order valence-corrected chi connectivity index (χ0v) is 18.0. The summed E-state index contributed by atoms with van der Waals surface area (Å²) < 4.78 is 70.5. The van der Waals surface area contributed by atoms with Gasteiger partial charge in [0.2, 0.25) is 0 Å². The van der Waals surface area contributed by atoms with Crippen molar-refractivity contribution < 1.29 is 41.1 Å². The standard InChI is InChI=1S/C19H19F3N2O6S.ClH/c20-19(21,22)30-15-3-1-13(2-4-15)29-14-5-7-16(8-6-14)31(27,28)18(17(25)24-26)9-11-23-12-10-18;/h1-8,23,26H,9-12H2,(H,24,25);1H. The third-order valence-electron chi connectivity index (χ3n) is 4.87. The third-order valence-corrected chi connectivity index (χ3v) is 7.38. The number of halogens is 4. The van der Waals surface area contributed by atoms with E-state index in [-0.39, 0.29) is 41.6 Å². The fraction of sp³-hybridized carbons (Fsp3) is 0.316. The minimum Gasteiger partial charge on any atom is -0.457 e. The fourth-order valence-electron chi connectivity index (χ4n) is 3.31. The van der Waals surface area contributed by atoms with Crippen LogP contribution in [0.5, 0.6) is 17.2 Å². The highest BCUT2D eigenvalue weighted by Gasteiger charge is 2.51. The molecule has 2 aromatic carbocycles. The molecule has 176 valence electrons. The predicted molar refractivity (Wildman–Crippen MR) is 109 cm³/mol. The van der Waals surface area contributed by atoms with Crippen LogP contribution in [0.3, 0.4) is 0 Å². The topological polar surface area (TPSA) is 114 Å². The van der Waals surface area contributed by atoms with Gasteiger partial charge in [0.25, 0.3) is 5.91 Å². The van der Waals surface area contributed by atoms with Crippen molar-refractivity contribution in [2.24, 2.45) is 0 Å². The Kier molecular flexibility index (Phi) is 7.99. The molecule has 0 aromatic heterocycles. The normalized spacial score (nSPS) is 15.9. The molecule has 1 amide bonds. The van der Waals surface area contributed by atoms with Crippen LogP contribution in [-0.2, 0) is 14.6 Å². The molecule has 0 spiro atoms. The van der Waals surface area contributed by atoms with E-state index in [1.807, 2.05) is 0 Å². The van der Waals surface area contributed by atoms with E-state index in [9.17, 15) is 26.4 Å². The molecule has 1 fully saturated rings. The minimum absolute atomic E-state index is 0. The summed E-state index contributed by atoms with van der Waals surface area (Å²) in [6.07, 6.45) is -4.82. The SMILES string of the molecule is Cl.O=C(NO)C1(S(=O)(=O)c2ccc(Oc3ccc(OC(F)(F)F)cc3)cc2)CCNCC1. The van der Waals surface area contributed by atoms with Crippen LogP contribution in [0.25, 0.3) is 0 Å². The molecule has 1 saturated heterocycles. The molecule has 32 heavy (non-hydrogen) atoms. The summed E-state index contributed by atoms with van der Waals surface area (Å²) in [4.78, 5) is 12.1. The lowest BCUT2D eigenvalue weighted by atomic mass is 9.96. The van der Waals surface area contributed by atoms with Gasteiger partial charge in [-0.05, 0) is 74.5 Å².